The topological polar surface area (TPSA) is 106 Å². The number of hydrogen-bond donors (Lipinski definition) is 4. The van der Waals surface area contributed by atoms with Crippen molar-refractivity contribution in [3.8, 4) is 0 Å². The van der Waals surface area contributed by atoms with Crippen molar-refractivity contribution in [1.82, 2.24) is 19.8 Å². The fourth-order valence-corrected chi connectivity index (χ4v) is 9.58. The molecule has 8 aromatic rings. The number of benzene rings is 6. The molecule has 2 amide bonds. The van der Waals surface area contributed by atoms with E-state index in [2.05, 4.69) is 20.5 Å². The van der Waals surface area contributed by atoms with Crippen molar-refractivity contribution in [3.05, 3.63) is 208 Å². The molecule has 9 rings (SSSR count). The van der Waals surface area contributed by atoms with Gasteiger partial charge in [0, 0.05) is 74.8 Å². The van der Waals surface area contributed by atoms with Gasteiger partial charge in [-0.25, -0.2) is 26.3 Å². The molecule has 1 aliphatic rings. The Bertz CT molecular complexity index is 3220. The van der Waals surface area contributed by atoms with Crippen molar-refractivity contribution in [3.63, 3.8) is 0 Å². The molecule has 2 aromatic heterocycles. The van der Waals surface area contributed by atoms with Crippen LogP contribution in [0.3, 0.4) is 0 Å². The molecule has 1 fully saturated rings. The average Bonchev–Trinajstić information content (AvgIpc) is 4.06. The number of nitrogens with zero attached hydrogens (tertiary/aromatic N) is 2. The van der Waals surface area contributed by atoms with Gasteiger partial charge >= 0.3 is 0 Å². The van der Waals surface area contributed by atoms with Gasteiger partial charge in [0.05, 0.1) is 33.5 Å². The molecule has 15 heteroatoms. The van der Waals surface area contributed by atoms with Crippen LogP contribution >= 0.6 is 0 Å². The van der Waals surface area contributed by atoms with Gasteiger partial charge in [-0.2, -0.15) is 0 Å². The van der Waals surface area contributed by atoms with Crippen LogP contribution in [0.1, 0.15) is 120 Å². The summed E-state index contributed by atoms with van der Waals surface area (Å²) in [7, 11) is 0. The van der Waals surface area contributed by atoms with Gasteiger partial charge in [-0.05, 0) is 95.5 Å². The number of carbonyl (C=O) groups is 2. The molecule has 0 bridgehead atoms. The Morgan fingerprint density at radius 1 is 0.548 bits per heavy atom. The van der Waals surface area contributed by atoms with E-state index in [1.807, 2.05) is 99.0 Å². The summed E-state index contributed by atoms with van der Waals surface area (Å²) in [5.41, 5.74) is 13.0. The number of aromatic nitrogens is 2. The monoisotopic (exact) mass is 1090 g/mol. The first kappa shape index (κ1) is 55.5. The molecular weight excluding hydrogens is 1030 g/mol. The van der Waals surface area contributed by atoms with E-state index in [4.69, 9.17) is 5.73 Å². The van der Waals surface area contributed by atoms with Crippen molar-refractivity contribution in [1.29, 1.82) is 0 Å². The Kier molecular flexibility index (Phi) is 18.5. The number of amides is 2. The number of fused-ring (bicyclic) bond motifs is 2. The molecule has 1 aliphatic carbocycles. The summed E-state index contributed by atoms with van der Waals surface area (Å²) in [6.45, 7) is 8.95. The zero-order valence-electron chi connectivity index (χ0n) is 41.3. The number of halogens is 6. The third kappa shape index (κ3) is 12.5. The minimum atomic E-state index is -0.985. The molecule has 0 atom stereocenters. The summed E-state index contributed by atoms with van der Waals surface area (Å²) < 4.78 is 87.8. The molecule has 386 valence electrons. The minimum Gasteiger partial charge on any atom is -0.396 e. The third-order valence-electron chi connectivity index (χ3n) is 12.9. The number of rotatable bonds is 14. The molecule has 5 N–H and O–H groups in total. The van der Waals surface area contributed by atoms with E-state index >= 15 is 4.39 Å². The maximum atomic E-state index is 15.4. The van der Waals surface area contributed by atoms with Crippen LogP contribution in [0, 0.1) is 42.3 Å². The second-order valence-electron chi connectivity index (χ2n) is 18.7. The molecule has 6 aromatic carbocycles. The second-order valence-corrected chi connectivity index (χ2v) is 18.7. The number of nitrogens with one attached hydrogen (secondary N) is 3. The first-order chi connectivity index (χ1) is 34.1. The zero-order chi connectivity index (χ0) is 50.5. The van der Waals surface area contributed by atoms with E-state index in [9.17, 15) is 31.5 Å². The smallest absolute Gasteiger partial charge is 0.254 e. The maximum absolute atomic E-state index is 15.4. The van der Waals surface area contributed by atoms with Gasteiger partial charge in [-0.3, -0.25) is 9.59 Å². The zero-order valence-corrected chi connectivity index (χ0v) is 42.9. The predicted octanol–water partition coefficient (Wildman–Crippen LogP) is 13.7. The van der Waals surface area contributed by atoms with Crippen LogP contribution in [0.4, 0.5) is 37.7 Å². The second kappa shape index (κ2) is 24.3. The number of anilines is 2. The Hall–Kier alpha value is -6.82. The van der Waals surface area contributed by atoms with Crippen LogP contribution < -0.4 is 21.7 Å². The Morgan fingerprint density at radius 3 is 1.40 bits per heavy atom. The largest absolute Gasteiger partial charge is 0.396 e. The van der Waals surface area contributed by atoms with Crippen LogP contribution in [0.15, 0.2) is 121 Å². The third-order valence-corrected chi connectivity index (χ3v) is 12.9. The predicted molar refractivity (Wildman–Crippen MR) is 275 cm³/mol. The number of nitrogens with two attached hydrogens (primary N) is 1. The molecule has 0 aliphatic heterocycles. The van der Waals surface area contributed by atoms with E-state index in [1.54, 1.807) is 6.07 Å². The van der Waals surface area contributed by atoms with Gasteiger partial charge in [0.15, 0.2) is 23.3 Å². The maximum Gasteiger partial charge on any atom is 0.254 e. The van der Waals surface area contributed by atoms with Crippen LogP contribution in [0.2, 0.25) is 0 Å². The Morgan fingerprint density at radius 2 is 0.973 bits per heavy atom. The molecule has 0 saturated heterocycles. The SMILES string of the molecule is CC(C)c1c(C(=O)NCc2ccc(F)c(F)c2)c2cc(F)c(N)cc2n1Cc1ccccc1.CC(C)c1c(C(=O)NCc2ccc(F)c(F)c2)c2cc(F)c(NC3CCCC3)cc2n1Cc1ccccc1.[CH3-].[Pd]. The number of hydrogen-bond acceptors (Lipinski definition) is 4. The van der Waals surface area contributed by atoms with Crippen LogP contribution in [-0.4, -0.2) is 27.0 Å². The molecule has 0 spiro atoms. The summed E-state index contributed by atoms with van der Waals surface area (Å²) in [6.07, 6.45) is 4.28. The van der Waals surface area contributed by atoms with Crippen molar-refractivity contribution in [2.24, 2.45) is 0 Å². The molecule has 0 unspecified atom stereocenters. The van der Waals surface area contributed by atoms with E-state index in [-0.39, 0.29) is 70.4 Å². The fourth-order valence-electron chi connectivity index (χ4n) is 9.58. The molecule has 1 saturated carbocycles. The van der Waals surface area contributed by atoms with E-state index < -0.39 is 40.8 Å². The van der Waals surface area contributed by atoms with E-state index in [0.717, 1.165) is 78.0 Å². The summed E-state index contributed by atoms with van der Waals surface area (Å²) in [6, 6.07) is 33.0. The van der Waals surface area contributed by atoms with Gasteiger partial charge < -0.3 is 38.2 Å². The van der Waals surface area contributed by atoms with Gasteiger partial charge in [0.1, 0.15) is 11.6 Å². The van der Waals surface area contributed by atoms with Gasteiger partial charge in [0.2, 0.25) is 0 Å². The molecule has 0 radical (unpaired) electrons. The first-order valence-electron chi connectivity index (χ1n) is 23.8. The normalized spacial score (nSPS) is 12.4. The minimum absolute atomic E-state index is 0. The summed E-state index contributed by atoms with van der Waals surface area (Å²) >= 11 is 0. The fraction of sp³-hybridized carbons (Fsp3) is 0.259. The van der Waals surface area contributed by atoms with E-state index in [1.165, 1.54) is 24.3 Å². The van der Waals surface area contributed by atoms with Crippen LogP contribution in [-0.2, 0) is 46.6 Å². The molecule has 2 heterocycles. The first-order valence-corrected chi connectivity index (χ1v) is 23.8. The van der Waals surface area contributed by atoms with Gasteiger partial charge in [0.25, 0.3) is 11.8 Å². The quantitative estimate of drug-likeness (QED) is 0.0377. The molecule has 8 nitrogen and oxygen atoms in total. The van der Waals surface area contributed by atoms with Crippen molar-refractivity contribution in [2.75, 3.05) is 11.1 Å². The number of carbonyl (C=O) groups excluding carboxylic acids is 2. The standard InChI is InChI=1S/C31H32F3N3O.C26H24F3N3O.CH3.Pd/c1-19(2)30-29(31(38)35-17-21-12-13-24(32)25(33)14-21)23-15-26(34)27(36-22-10-6-7-11-22)16-28(23)37(30)18-20-8-4-3-5-9-20;1-15(2)25-24(26(33)31-13-17-8-9-19(27)20(28)10-17)18-11-21(29)22(30)12-23(18)32(25)14-16-6-4-3-5-7-16;;/h3-5,8-9,12-16,19,22,36H,6-7,10-11,17-18H2,1-2H3,(H,35,38);3-12,15H,13-14,30H2,1-2H3,(H,31,33);1H3;/q;;-1;. The average molecular weight is 1090 g/mol. The Labute approximate surface area is 436 Å². The van der Waals surface area contributed by atoms with Crippen LogP contribution in [0.25, 0.3) is 21.8 Å². The van der Waals surface area contributed by atoms with Gasteiger partial charge in [-0.1, -0.05) is 113 Å². The van der Waals surface area contributed by atoms with E-state index in [0.29, 0.717) is 57.3 Å². The van der Waals surface area contributed by atoms with Crippen molar-refractivity contribution in [2.45, 2.75) is 97.4 Å². The van der Waals surface area contributed by atoms with Gasteiger partial charge in [-0.15, -0.1) is 0 Å². The van der Waals surface area contributed by atoms with Crippen LogP contribution in [0.5, 0.6) is 0 Å². The molecule has 73 heavy (non-hydrogen) atoms. The Balaban J connectivity index is 0.000000234. The van der Waals surface area contributed by atoms with Crippen molar-refractivity contribution < 1.29 is 56.4 Å². The summed E-state index contributed by atoms with van der Waals surface area (Å²) in [5.74, 6) is -5.76. The number of nitrogen functional groups attached to an aromatic ring is 1. The van der Waals surface area contributed by atoms with Crippen molar-refractivity contribution >= 4 is 45.0 Å². The summed E-state index contributed by atoms with van der Waals surface area (Å²) in [5, 5.41) is 9.96. The summed E-state index contributed by atoms with van der Waals surface area (Å²) in [4.78, 5) is 26.9. The molecular formula is C58H59F6N6O2Pd-.